The second kappa shape index (κ2) is 8.26. The van der Waals surface area contributed by atoms with Crippen molar-refractivity contribution in [3.05, 3.63) is 60.2 Å². The third kappa shape index (κ3) is 3.62. The van der Waals surface area contributed by atoms with Crippen LogP contribution >= 0.6 is 0 Å². The number of ether oxygens (including phenoxy) is 5. The number of rotatable bonds is 6. The van der Waals surface area contributed by atoms with Crippen LogP contribution in [0, 0.1) is 0 Å². The zero-order chi connectivity index (χ0) is 22.1. The molecule has 3 aromatic heterocycles. The maximum absolute atomic E-state index is 6.22. The van der Waals surface area contributed by atoms with E-state index in [1.807, 2.05) is 28.8 Å². The Morgan fingerprint density at radius 3 is 2.66 bits per heavy atom. The van der Waals surface area contributed by atoms with Crippen molar-refractivity contribution in [2.75, 3.05) is 27.9 Å². The number of aromatic nitrogens is 4. The fourth-order valence-electron chi connectivity index (χ4n) is 3.66. The number of fused-ring (bicyclic) bond motifs is 2. The molecule has 0 amide bonds. The highest BCUT2D eigenvalue weighted by Crippen LogP contribution is 2.44. The van der Waals surface area contributed by atoms with Crippen molar-refractivity contribution in [1.29, 1.82) is 0 Å². The molecule has 164 valence electrons. The molecule has 0 aliphatic carbocycles. The molecule has 1 aromatic carbocycles. The van der Waals surface area contributed by atoms with Crippen molar-refractivity contribution >= 4 is 11.2 Å². The van der Waals surface area contributed by atoms with E-state index in [-0.39, 0.29) is 6.10 Å². The third-order valence-electron chi connectivity index (χ3n) is 5.31. The largest absolute Gasteiger partial charge is 0.495 e. The Morgan fingerprint density at radius 1 is 1.00 bits per heavy atom. The number of benzene rings is 1. The number of nitrogens with zero attached hydrogens (tertiary/aromatic N) is 4. The van der Waals surface area contributed by atoms with Crippen molar-refractivity contribution < 1.29 is 23.7 Å². The molecular weight excluding hydrogens is 412 g/mol. The SMILES string of the molecule is COc1cnc2c(c1)ncn2Cc1cc(OC)c2c(c1)OCC(c1ccc(OC)nc1)O2. The van der Waals surface area contributed by atoms with Gasteiger partial charge in [0.25, 0.3) is 0 Å². The minimum absolute atomic E-state index is 0.294. The Labute approximate surface area is 184 Å². The minimum atomic E-state index is -0.294. The molecule has 4 heterocycles. The van der Waals surface area contributed by atoms with E-state index in [2.05, 4.69) is 15.0 Å². The number of hydrogen-bond donors (Lipinski definition) is 0. The molecule has 4 aromatic rings. The molecule has 0 fully saturated rings. The molecule has 0 radical (unpaired) electrons. The van der Waals surface area contributed by atoms with E-state index >= 15 is 0 Å². The van der Waals surface area contributed by atoms with Crippen LogP contribution in [0.1, 0.15) is 17.2 Å². The van der Waals surface area contributed by atoms with Crippen LogP contribution < -0.4 is 23.7 Å². The van der Waals surface area contributed by atoms with Crippen LogP contribution in [0.4, 0.5) is 0 Å². The average molecular weight is 434 g/mol. The van der Waals surface area contributed by atoms with E-state index in [9.17, 15) is 0 Å². The second-order valence-electron chi connectivity index (χ2n) is 7.27. The van der Waals surface area contributed by atoms with Gasteiger partial charge in [-0.05, 0) is 23.8 Å². The van der Waals surface area contributed by atoms with E-state index in [1.54, 1.807) is 46.1 Å². The summed E-state index contributed by atoms with van der Waals surface area (Å²) in [4.78, 5) is 13.1. The highest BCUT2D eigenvalue weighted by molar-refractivity contribution is 5.72. The molecule has 5 rings (SSSR count). The molecular formula is C23H22N4O5. The predicted molar refractivity (Wildman–Crippen MR) is 116 cm³/mol. The lowest BCUT2D eigenvalue weighted by Gasteiger charge is -2.28. The van der Waals surface area contributed by atoms with Crippen LogP contribution in [-0.4, -0.2) is 47.5 Å². The minimum Gasteiger partial charge on any atom is -0.495 e. The van der Waals surface area contributed by atoms with Crippen LogP contribution in [-0.2, 0) is 6.54 Å². The molecule has 0 saturated heterocycles. The summed E-state index contributed by atoms with van der Waals surface area (Å²) in [6.07, 6.45) is 4.87. The summed E-state index contributed by atoms with van der Waals surface area (Å²) in [6, 6.07) is 9.46. The summed E-state index contributed by atoms with van der Waals surface area (Å²) in [5, 5.41) is 0. The van der Waals surface area contributed by atoms with Crippen molar-refractivity contribution in [1.82, 2.24) is 19.5 Å². The van der Waals surface area contributed by atoms with E-state index < -0.39 is 0 Å². The zero-order valence-corrected chi connectivity index (χ0v) is 17.9. The molecule has 1 aliphatic heterocycles. The molecule has 9 heteroatoms. The zero-order valence-electron chi connectivity index (χ0n) is 17.9. The van der Waals surface area contributed by atoms with Gasteiger partial charge in [-0.1, -0.05) is 0 Å². The van der Waals surface area contributed by atoms with Gasteiger partial charge >= 0.3 is 0 Å². The Morgan fingerprint density at radius 2 is 1.91 bits per heavy atom. The standard InChI is InChI=1S/C23H22N4O5/c1-28-16-8-17-23(25-10-16)27(13-26-17)11-14-6-18(29-2)22-19(7-14)31-12-20(32-22)15-4-5-21(30-3)24-9-15/h4-10,13,20H,11-12H2,1-3H3. The summed E-state index contributed by atoms with van der Waals surface area (Å²) in [5.41, 5.74) is 3.41. The van der Waals surface area contributed by atoms with Crippen LogP contribution in [0.3, 0.4) is 0 Å². The normalized spacial score (nSPS) is 14.9. The number of pyridine rings is 2. The predicted octanol–water partition coefficient (Wildman–Crippen LogP) is 3.41. The maximum Gasteiger partial charge on any atom is 0.212 e. The average Bonchev–Trinajstić information content (AvgIpc) is 3.25. The lowest BCUT2D eigenvalue weighted by Crippen LogP contribution is -2.22. The second-order valence-corrected chi connectivity index (χ2v) is 7.27. The van der Waals surface area contributed by atoms with Gasteiger partial charge in [0.15, 0.2) is 23.3 Å². The monoisotopic (exact) mass is 434 g/mol. The summed E-state index contributed by atoms with van der Waals surface area (Å²) < 4.78 is 30.2. The number of methoxy groups -OCH3 is 3. The number of imidazole rings is 1. The molecule has 0 N–H and O–H groups in total. The molecule has 0 saturated carbocycles. The molecule has 0 spiro atoms. The maximum atomic E-state index is 6.22. The summed E-state index contributed by atoms with van der Waals surface area (Å²) in [6.45, 7) is 0.914. The van der Waals surface area contributed by atoms with Gasteiger partial charge in [0, 0.05) is 23.9 Å². The smallest absolute Gasteiger partial charge is 0.212 e. The Hall–Kier alpha value is -4.01. The first-order chi connectivity index (χ1) is 15.7. The van der Waals surface area contributed by atoms with Crippen molar-refractivity contribution in [3.63, 3.8) is 0 Å². The summed E-state index contributed by atoms with van der Waals surface area (Å²) in [7, 11) is 4.80. The molecule has 32 heavy (non-hydrogen) atoms. The van der Waals surface area contributed by atoms with E-state index in [4.69, 9.17) is 23.7 Å². The molecule has 1 unspecified atom stereocenters. The Kier molecular flexibility index (Phi) is 5.14. The Balaban J connectivity index is 1.41. The summed E-state index contributed by atoms with van der Waals surface area (Å²) in [5.74, 6) is 3.03. The van der Waals surface area contributed by atoms with Crippen molar-refractivity contribution in [3.8, 4) is 28.9 Å². The Bertz CT molecular complexity index is 1240. The molecule has 1 aliphatic rings. The fraction of sp³-hybridized carbons (Fsp3) is 0.261. The van der Waals surface area contributed by atoms with Gasteiger partial charge in [-0.3, -0.25) is 0 Å². The van der Waals surface area contributed by atoms with Gasteiger partial charge in [-0.25, -0.2) is 15.0 Å². The van der Waals surface area contributed by atoms with E-state index in [0.717, 1.165) is 22.3 Å². The lowest BCUT2D eigenvalue weighted by molar-refractivity contribution is 0.0867. The number of hydrogen-bond acceptors (Lipinski definition) is 8. The third-order valence-corrected chi connectivity index (χ3v) is 5.31. The first-order valence-electron chi connectivity index (χ1n) is 10.0. The highest BCUT2D eigenvalue weighted by atomic mass is 16.6. The van der Waals surface area contributed by atoms with Gasteiger partial charge in [-0.15, -0.1) is 0 Å². The summed E-state index contributed by atoms with van der Waals surface area (Å²) >= 11 is 0. The first-order valence-corrected chi connectivity index (χ1v) is 10.0. The van der Waals surface area contributed by atoms with Gasteiger partial charge in [-0.2, -0.15) is 0 Å². The quantitative estimate of drug-likeness (QED) is 0.456. The van der Waals surface area contributed by atoms with E-state index in [1.165, 1.54) is 0 Å². The lowest BCUT2D eigenvalue weighted by atomic mass is 10.1. The van der Waals surface area contributed by atoms with Crippen molar-refractivity contribution in [2.24, 2.45) is 0 Å². The van der Waals surface area contributed by atoms with Gasteiger partial charge < -0.3 is 28.3 Å². The molecule has 1 atom stereocenters. The van der Waals surface area contributed by atoms with Crippen LogP contribution in [0.25, 0.3) is 11.2 Å². The van der Waals surface area contributed by atoms with Gasteiger partial charge in [0.05, 0.1) is 40.4 Å². The topological polar surface area (TPSA) is 89.8 Å². The highest BCUT2D eigenvalue weighted by Gasteiger charge is 2.27. The van der Waals surface area contributed by atoms with Crippen LogP contribution in [0.5, 0.6) is 28.9 Å². The van der Waals surface area contributed by atoms with E-state index in [0.29, 0.717) is 42.0 Å². The molecule has 0 bridgehead atoms. The first kappa shape index (κ1) is 19.9. The van der Waals surface area contributed by atoms with Crippen LogP contribution in [0.15, 0.2) is 49.1 Å². The van der Waals surface area contributed by atoms with Gasteiger partial charge in [0.2, 0.25) is 11.6 Å². The molecule has 9 nitrogen and oxygen atoms in total. The fourth-order valence-corrected chi connectivity index (χ4v) is 3.66. The van der Waals surface area contributed by atoms with Gasteiger partial charge in [0.1, 0.15) is 17.9 Å². The van der Waals surface area contributed by atoms with Crippen LogP contribution in [0.2, 0.25) is 0 Å². The van der Waals surface area contributed by atoms with Crippen molar-refractivity contribution in [2.45, 2.75) is 12.6 Å².